The normalized spacial score (nSPS) is 18.7. The van der Waals surface area contributed by atoms with Gasteiger partial charge in [-0.05, 0) is 81.7 Å². The average Bonchev–Trinajstić information content (AvgIpc) is 3.01. The minimum atomic E-state index is -0.868. The van der Waals surface area contributed by atoms with Gasteiger partial charge in [-0.1, -0.05) is 60.7 Å². The number of piperidine rings is 1. The smallest absolute Gasteiger partial charge is 0.237 e. The molecule has 1 aliphatic heterocycles. The third kappa shape index (κ3) is 11.2. The predicted octanol–water partition coefficient (Wildman–Crippen LogP) is 4.46. The van der Waals surface area contributed by atoms with E-state index in [0.29, 0.717) is 32.4 Å². The second-order valence-corrected chi connectivity index (χ2v) is 12.8. The first-order valence-corrected chi connectivity index (χ1v) is 15.8. The van der Waals surface area contributed by atoms with E-state index in [2.05, 4.69) is 32.7 Å². The molecule has 3 aromatic rings. The third-order valence-corrected chi connectivity index (χ3v) is 7.94. The molecule has 2 aromatic carbocycles. The van der Waals surface area contributed by atoms with Gasteiger partial charge in [-0.15, -0.1) is 0 Å². The van der Waals surface area contributed by atoms with Gasteiger partial charge < -0.3 is 20.5 Å². The minimum Gasteiger partial charge on any atom is -0.390 e. The van der Waals surface area contributed by atoms with Gasteiger partial charge in [0.2, 0.25) is 11.8 Å². The second kappa shape index (κ2) is 16.5. The zero-order valence-corrected chi connectivity index (χ0v) is 26.3. The molecular formula is C36H48N4O4. The summed E-state index contributed by atoms with van der Waals surface area (Å²) in [7, 11) is 0. The molecule has 3 N–H and O–H groups in total. The number of aryl methyl sites for hydroxylation is 1. The Kier molecular flexibility index (Phi) is 12.5. The number of β-amino-alcohol motifs (C(OH)–C–C–N with tert-alkyl or cyclic N) is 1. The summed E-state index contributed by atoms with van der Waals surface area (Å²) >= 11 is 0. The molecule has 2 heterocycles. The Hall–Kier alpha value is -3.59. The average molecular weight is 601 g/mol. The summed E-state index contributed by atoms with van der Waals surface area (Å²) in [4.78, 5) is 32.7. The molecule has 0 radical (unpaired) electrons. The van der Waals surface area contributed by atoms with Crippen LogP contribution in [0.4, 0.5) is 0 Å². The molecule has 8 nitrogen and oxygen atoms in total. The van der Waals surface area contributed by atoms with Crippen molar-refractivity contribution in [1.82, 2.24) is 20.5 Å². The molecule has 0 aliphatic carbocycles. The van der Waals surface area contributed by atoms with E-state index in [0.717, 1.165) is 30.4 Å². The maximum atomic E-state index is 13.5. The number of nitrogens with zero attached hydrogens (tertiary/aromatic N) is 2. The van der Waals surface area contributed by atoms with Crippen LogP contribution in [-0.4, -0.2) is 69.7 Å². The van der Waals surface area contributed by atoms with Crippen molar-refractivity contribution in [2.24, 2.45) is 0 Å². The zero-order valence-electron chi connectivity index (χ0n) is 26.3. The number of aliphatic hydroxyl groups excluding tert-OH is 1. The zero-order chi connectivity index (χ0) is 31.4. The summed E-state index contributed by atoms with van der Waals surface area (Å²) in [5.41, 5.74) is 2.88. The van der Waals surface area contributed by atoms with Gasteiger partial charge in [-0.25, -0.2) is 0 Å². The maximum Gasteiger partial charge on any atom is 0.237 e. The Labute approximate surface area is 262 Å². The van der Waals surface area contributed by atoms with E-state index in [9.17, 15) is 14.7 Å². The van der Waals surface area contributed by atoms with Crippen LogP contribution in [0.25, 0.3) is 0 Å². The molecule has 236 valence electrons. The van der Waals surface area contributed by atoms with Crippen LogP contribution in [0.15, 0.2) is 85.2 Å². The van der Waals surface area contributed by atoms with Crippen LogP contribution in [0.5, 0.6) is 0 Å². The van der Waals surface area contributed by atoms with Crippen molar-refractivity contribution in [2.45, 2.75) is 95.7 Å². The third-order valence-electron chi connectivity index (χ3n) is 7.94. The number of amides is 2. The van der Waals surface area contributed by atoms with Crippen molar-refractivity contribution in [3.63, 3.8) is 0 Å². The van der Waals surface area contributed by atoms with E-state index < -0.39 is 23.7 Å². The molecule has 4 atom stereocenters. The van der Waals surface area contributed by atoms with Gasteiger partial charge in [0, 0.05) is 37.4 Å². The molecule has 0 unspecified atom stereocenters. The van der Waals surface area contributed by atoms with Crippen molar-refractivity contribution in [2.75, 3.05) is 13.1 Å². The van der Waals surface area contributed by atoms with Crippen molar-refractivity contribution in [3.8, 4) is 0 Å². The number of carbonyl (C=O) groups excluding carboxylic acids is 2. The second-order valence-electron chi connectivity index (χ2n) is 12.8. The van der Waals surface area contributed by atoms with Gasteiger partial charge >= 0.3 is 0 Å². The molecule has 1 fully saturated rings. The number of carbonyl (C=O) groups is 2. The summed E-state index contributed by atoms with van der Waals surface area (Å²) in [6.45, 7) is 7.22. The van der Waals surface area contributed by atoms with Gasteiger partial charge in [0.25, 0.3) is 0 Å². The Morgan fingerprint density at radius 1 is 0.977 bits per heavy atom. The Bertz CT molecular complexity index is 1280. The van der Waals surface area contributed by atoms with Crippen molar-refractivity contribution in [3.05, 3.63) is 102 Å². The number of hydrogen-bond donors (Lipinski definition) is 3. The van der Waals surface area contributed by atoms with E-state index in [-0.39, 0.29) is 24.5 Å². The lowest BCUT2D eigenvalue weighted by atomic mass is 9.94. The van der Waals surface area contributed by atoms with E-state index in [1.54, 1.807) is 12.4 Å². The highest BCUT2D eigenvalue weighted by molar-refractivity contribution is 5.82. The van der Waals surface area contributed by atoms with Crippen molar-refractivity contribution in [1.29, 1.82) is 0 Å². The fourth-order valence-corrected chi connectivity index (χ4v) is 5.67. The fraction of sp³-hybridized carbons (Fsp3) is 0.472. The number of rotatable bonds is 14. The Morgan fingerprint density at radius 3 is 2.30 bits per heavy atom. The molecule has 44 heavy (non-hydrogen) atoms. The number of aromatic nitrogens is 1. The van der Waals surface area contributed by atoms with E-state index in [4.69, 9.17) is 4.74 Å². The molecule has 1 aromatic heterocycles. The number of ether oxygens (including phenoxy) is 1. The predicted molar refractivity (Wildman–Crippen MR) is 173 cm³/mol. The van der Waals surface area contributed by atoms with Gasteiger partial charge in [0.05, 0.1) is 30.9 Å². The molecule has 1 saturated heterocycles. The van der Waals surface area contributed by atoms with Crippen LogP contribution < -0.4 is 10.6 Å². The molecule has 0 bridgehead atoms. The number of hydrogen-bond acceptors (Lipinski definition) is 6. The number of pyridine rings is 1. The van der Waals surface area contributed by atoms with Crippen LogP contribution >= 0.6 is 0 Å². The van der Waals surface area contributed by atoms with Gasteiger partial charge in [0.1, 0.15) is 0 Å². The maximum absolute atomic E-state index is 13.5. The summed E-state index contributed by atoms with van der Waals surface area (Å²) in [6.07, 6.45) is 6.23. The Balaban J connectivity index is 1.41. The van der Waals surface area contributed by atoms with Crippen LogP contribution in [0.3, 0.4) is 0 Å². The number of aliphatic hydroxyl groups is 1. The molecule has 2 amide bonds. The molecule has 0 saturated carbocycles. The van der Waals surface area contributed by atoms with E-state index in [1.165, 1.54) is 5.56 Å². The summed E-state index contributed by atoms with van der Waals surface area (Å²) in [5, 5.41) is 17.9. The van der Waals surface area contributed by atoms with E-state index >= 15 is 0 Å². The van der Waals surface area contributed by atoms with Crippen molar-refractivity contribution >= 4 is 11.8 Å². The first-order valence-electron chi connectivity index (χ1n) is 15.8. The molecule has 4 rings (SSSR count). The largest absolute Gasteiger partial charge is 0.390 e. The Morgan fingerprint density at radius 2 is 1.64 bits per heavy atom. The highest BCUT2D eigenvalue weighted by atomic mass is 16.5. The van der Waals surface area contributed by atoms with Crippen LogP contribution in [0.1, 0.15) is 63.1 Å². The first kappa shape index (κ1) is 33.3. The van der Waals surface area contributed by atoms with Crippen molar-refractivity contribution < 1.29 is 19.4 Å². The van der Waals surface area contributed by atoms with Gasteiger partial charge in [-0.2, -0.15) is 0 Å². The van der Waals surface area contributed by atoms with Crippen LogP contribution in [0, 0.1) is 0 Å². The summed E-state index contributed by atoms with van der Waals surface area (Å²) in [5.74, 6) is -0.155. The lowest BCUT2D eigenvalue weighted by Crippen LogP contribution is -2.59. The van der Waals surface area contributed by atoms with Crippen LogP contribution in [0.2, 0.25) is 0 Å². The van der Waals surface area contributed by atoms with Crippen LogP contribution in [-0.2, 0) is 33.8 Å². The number of likely N-dealkylation sites (tertiary alicyclic amines) is 1. The molecule has 8 heteroatoms. The topological polar surface area (TPSA) is 104 Å². The standard InChI is InChI=1S/C36H48N4O4/c1-36(2,3)39-35(43)32-24-30(44-26-29-17-20-37-21-18-29)19-22-40(32)25-33(41)31(23-28-13-8-5-9-14-28)38-34(42)16-10-15-27-11-6-4-7-12-27/h4-9,11-14,17-18,20-21,30-33,41H,10,15-16,19,22-26H2,1-3H3,(H,38,42)(H,39,43)/t30-,31+,32+,33-/m1/s1. The quantitative estimate of drug-likeness (QED) is 0.253. The van der Waals surface area contributed by atoms with Gasteiger partial charge in [-0.3, -0.25) is 19.5 Å². The highest BCUT2D eigenvalue weighted by Crippen LogP contribution is 2.23. The highest BCUT2D eigenvalue weighted by Gasteiger charge is 2.37. The molecular weight excluding hydrogens is 552 g/mol. The molecule has 0 spiro atoms. The molecule has 1 aliphatic rings. The first-order chi connectivity index (χ1) is 21.2. The van der Waals surface area contributed by atoms with E-state index in [1.807, 2.05) is 81.4 Å². The fourth-order valence-electron chi connectivity index (χ4n) is 5.67. The lowest BCUT2D eigenvalue weighted by molar-refractivity contribution is -0.134. The lowest BCUT2D eigenvalue weighted by Gasteiger charge is -2.41. The summed E-state index contributed by atoms with van der Waals surface area (Å²) in [6, 6.07) is 22.9. The number of nitrogens with one attached hydrogen (secondary N) is 2. The SMILES string of the molecule is CC(C)(C)NC(=O)[C@@H]1C[C@H](OCc2ccncc2)CCN1C[C@@H](O)[C@H](Cc1ccccc1)NC(=O)CCCc1ccccc1. The minimum absolute atomic E-state index is 0.0773. The number of benzene rings is 2. The summed E-state index contributed by atoms with van der Waals surface area (Å²) < 4.78 is 6.23. The monoisotopic (exact) mass is 600 g/mol. The van der Waals surface area contributed by atoms with Gasteiger partial charge in [0.15, 0.2) is 0 Å².